The van der Waals surface area contributed by atoms with Crippen molar-refractivity contribution in [1.29, 1.82) is 0 Å². The van der Waals surface area contributed by atoms with E-state index in [1.165, 1.54) is 6.07 Å². The molecule has 3 aliphatic rings. The second kappa shape index (κ2) is 8.75. The number of carbonyl (C=O) groups excluding carboxylic acids is 1. The Morgan fingerprint density at radius 2 is 2.13 bits per heavy atom. The molecular formula is C21H26F2N2O5. The minimum Gasteiger partial charge on any atom is -0.486 e. The first kappa shape index (κ1) is 20.8. The van der Waals surface area contributed by atoms with Gasteiger partial charge >= 0.3 is 6.61 Å². The van der Waals surface area contributed by atoms with E-state index in [1.807, 2.05) is 6.92 Å². The number of rotatable bonds is 6. The molecule has 4 rings (SSSR count). The highest BCUT2D eigenvalue weighted by Gasteiger charge is 2.43. The molecule has 164 valence electrons. The van der Waals surface area contributed by atoms with Crippen molar-refractivity contribution in [3.63, 3.8) is 0 Å². The lowest BCUT2D eigenvalue weighted by atomic mass is 9.93. The van der Waals surface area contributed by atoms with Crippen LogP contribution in [-0.4, -0.2) is 61.1 Å². The molecule has 0 radical (unpaired) electrons. The van der Waals surface area contributed by atoms with E-state index in [2.05, 4.69) is 9.89 Å². The molecule has 0 saturated carbocycles. The number of halogens is 2. The van der Waals surface area contributed by atoms with Gasteiger partial charge in [-0.3, -0.25) is 4.79 Å². The van der Waals surface area contributed by atoms with E-state index in [0.717, 1.165) is 17.7 Å². The maximum Gasteiger partial charge on any atom is 0.387 e. The average Bonchev–Trinajstić information content (AvgIpc) is 3.39. The summed E-state index contributed by atoms with van der Waals surface area (Å²) >= 11 is 0. The summed E-state index contributed by atoms with van der Waals surface area (Å²) in [7, 11) is 0. The van der Waals surface area contributed by atoms with Gasteiger partial charge < -0.3 is 23.9 Å². The monoisotopic (exact) mass is 424 g/mol. The number of hydrogen-bond acceptors (Lipinski definition) is 6. The van der Waals surface area contributed by atoms with E-state index >= 15 is 0 Å². The summed E-state index contributed by atoms with van der Waals surface area (Å²) in [6.45, 7) is 1.19. The van der Waals surface area contributed by atoms with Gasteiger partial charge in [-0.1, -0.05) is 12.1 Å². The Hall–Kier alpha value is -2.42. The van der Waals surface area contributed by atoms with E-state index in [0.29, 0.717) is 52.0 Å². The third-order valence-electron chi connectivity index (χ3n) is 5.79. The van der Waals surface area contributed by atoms with Crippen LogP contribution in [0.5, 0.6) is 11.5 Å². The average molecular weight is 424 g/mol. The predicted octanol–water partition coefficient (Wildman–Crippen LogP) is 3.35. The molecule has 2 fully saturated rings. The van der Waals surface area contributed by atoms with Crippen molar-refractivity contribution in [1.82, 2.24) is 4.90 Å². The number of benzene rings is 1. The lowest BCUT2D eigenvalue weighted by Gasteiger charge is -2.32. The van der Waals surface area contributed by atoms with Gasteiger partial charge in [-0.25, -0.2) is 0 Å². The summed E-state index contributed by atoms with van der Waals surface area (Å²) in [5.74, 6) is 0.347. The topological polar surface area (TPSA) is 69.6 Å². The molecule has 3 heterocycles. The highest BCUT2D eigenvalue weighted by molar-refractivity contribution is 6.02. The Kier molecular flexibility index (Phi) is 6.08. The predicted molar refractivity (Wildman–Crippen MR) is 104 cm³/mol. The molecule has 1 atom stereocenters. The second-order valence-electron chi connectivity index (χ2n) is 7.88. The van der Waals surface area contributed by atoms with Crippen LogP contribution in [0.1, 0.15) is 44.6 Å². The number of nitrogens with zero attached hydrogens (tertiary/aromatic N) is 2. The first-order chi connectivity index (χ1) is 14.5. The molecule has 1 aromatic rings. The van der Waals surface area contributed by atoms with Crippen LogP contribution < -0.4 is 9.47 Å². The molecule has 0 aromatic heterocycles. The standard InChI is InChI=1S/C21H26F2N2O5/c1-2-19(26)25-8-5-15(6-9-25)28-18-11-14(3-4-17(18)29-20(22)23)16-12-21(30-24-16)7-10-27-13-21/h3-4,11,15,20H,2,5-10,12-13H2,1H3. The fourth-order valence-electron chi connectivity index (χ4n) is 4.08. The summed E-state index contributed by atoms with van der Waals surface area (Å²) < 4.78 is 41.9. The molecule has 1 aromatic carbocycles. The normalized spacial score (nSPS) is 24.3. The third-order valence-corrected chi connectivity index (χ3v) is 5.79. The van der Waals surface area contributed by atoms with Crippen molar-refractivity contribution in [3.8, 4) is 11.5 Å². The molecular weight excluding hydrogens is 398 g/mol. The fourth-order valence-corrected chi connectivity index (χ4v) is 4.08. The van der Waals surface area contributed by atoms with Crippen LogP contribution in [0.2, 0.25) is 0 Å². The lowest BCUT2D eigenvalue weighted by molar-refractivity contribution is -0.132. The Balaban J connectivity index is 1.48. The SMILES string of the molecule is CCC(=O)N1CCC(Oc2cc(C3=NOC4(CCOC4)C3)ccc2OC(F)F)CC1. The van der Waals surface area contributed by atoms with Gasteiger partial charge in [-0.15, -0.1) is 0 Å². The summed E-state index contributed by atoms with van der Waals surface area (Å²) in [6, 6.07) is 4.84. The molecule has 0 aliphatic carbocycles. The first-order valence-electron chi connectivity index (χ1n) is 10.3. The molecule has 1 amide bonds. The van der Waals surface area contributed by atoms with Gasteiger partial charge in [0.2, 0.25) is 5.91 Å². The van der Waals surface area contributed by atoms with Gasteiger partial charge in [-0.2, -0.15) is 8.78 Å². The molecule has 1 unspecified atom stereocenters. The van der Waals surface area contributed by atoms with Crippen molar-refractivity contribution in [2.75, 3.05) is 26.3 Å². The Morgan fingerprint density at radius 3 is 2.80 bits per heavy atom. The van der Waals surface area contributed by atoms with Crippen molar-refractivity contribution in [2.45, 2.75) is 57.3 Å². The zero-order chi connectivity index (χ0) is 21.1. The van der Waals surface area contributed by atoms with Crippen LogP contribution in [0.25, 0.3) is 0 Å². The van der Waals surface area contributed by atoms with Gasteiger partial charge in [0.15, 0.2) is 17.1 Å². The Bertz CT molecular complexity index is 803. The fraction of sp³-hybridized carbons (Fsp3) is 0.619. The van der Waals surface area contributed by atoms with Gasteiger partial charge in [0, 0.05) is 50.8 Å². The van der Waals surface area contributed by atoms with Crippen LogP contribution in [0.4, 0.5) is 8.78 Å². The molecule has 9 heteroatoms. The largest absolute Gasteiger partial charge is 0.486 e. The lowest BCUT2D eigenvalue weighted by Crippen LogP contribution is -2.41. The van der Waals surface area contributed by atoms with Gasteiger partial charge in [0.1, 0.15) is 6.10 Å². The van der Waals surface area contributed by atoms with Crippen LogP contribution in [0.3, 0.4) is 0 Å². The van der Waals surface area contributed by atoms with Crippen LogP contribution in [0, 0.1) is 0 Å². The van der Waals surface area contributed by atoms with E-state index in [4.69, 9.17) is 14.3 Å². The molecule has 0 bridgehead atoms. The van der Waals surface area contributed by atoms with Crippen molar-refractivity contribution in [2.24, 2.45) is 5.16 Å². The number of hydrogen-bond donors (Lipinski definition) is 0. The number of alkyl halides is 2. The van der Waals surface area contributed by atoms with E-state index < -0.39 is 12.2 Å². The van der Waals surface area contributed by atoms with E-state index in [9.17, 15) is 13.6 Å². The third kappa shape index (κ3) is 4.50. The Morgan fingerprint density at radius 1 is 1.33 bits per heavy atom. The van der Waals surface area contributed by atoms with Gasteiger partial charge in [0.25, 0.3) is 0 Å². The Labute approximate surface area is 173 Å². The highest BCUT2D eigenvalue weighted by Crippen LogP contribution is 2.37. The molecule has 30 heavy (non-hydrogen) atoms. The zero-order valence-electron chi connectivity index (χ0n) is 16.9. The van der Waals surface area contributed by atoms with Crippen LogP contribution >= 0.6 is 0 Å². The summed E-state index contributed by atoms with van der Waals surface area (Å²) in [5.41, 5.74) is 1.05. The number of ether oxygens (including phenoxy) is 3. The van der Waals surface area contributed by atoms with Gasteiger partial charge in [0.05, 0.1) is 18.9 Å². The minimum absolute atomic E-state index is 0.0146. The number of oxime groups is 1. The summed E-state index contributed by atoms with van der Waals surface area (Å²) in [6.07, 6.45) is 2.92. The molecule has 7 nitrogen and oxygen atoms in total. The summed E-state index contributed by atoms with van der Waals surface area (Å²) in [5, 5.41) is 4.21. The van der Waals surface area contributed by atoms with Crippen LogP contribution in [0.15, 0.2) is 23.4 Å². The molecule has 3 aliphatic heterocycles. The minimum atomic E-state index is -2.95. The van der Waals surface area contributed by atoms with Gasteiger partial charge in [-0.05, 0) is 18.2 Å². The molecule has 1 spiro atoms. The first-order valence-corrected chi connectivity index (χ1v) is 10.3. The maximum absolute atomic E-state index is 12.9. The number of likely N-dealkylation sites (tertiary alicyclic amines) is 1. The summed E-state index contributed by atoms with van der Waals surface area (Å²) in [4.78, 5) is 19.3. The second-order valence-corrected chi connectivity index (χ2v) is 7.88. The van der Waals surface area contributed by atoms with Crippen molar-refractivity contribution in [3.05, 3.63) is 23.8 Å². The molecule has 2 saturated heterocycles. The number of piperidine rings is 1. The highest BCUT2D eigenvalue weighted by atomic mass is 19.3. The van der Waals surface area contributed by atoms with Crippen molar-refractivity contribution >= 4 is 11.6 Å². The quantitative estimate of drug-likeness (QED) is 0.701. The number of carbonyl (C=O) groups is 1. The van der Waals surface area contributed by atoms with E-state index in [-0.39, 0.29) is 23.5 Å². The van der Waals surface area contributed by atoms with Crippen molar-refractivity contribution < 1.29 is 32.6 Å². The van der Waals surface area contributed by atoms with E-state index in [1.54, 1.807) is 17.0 Å². The smallest absolute Gasteiger partial charge is 0.387 e. The molecule has 0 N–H and O–H groups in total. The zero-order valence-corrected chi connectivity index (χ0v) is 16.9. The maximum atomic E-state index is 12.9. The van der Waals surface area contributed by atoms with Crippen LogP contribution in [-0.2, 0) is 14.4 Å². The number of amides is 1.